The van der Waals surface area contributed by atoms with Crippen LogP contribution in [-0.2, 0) is 11.3 Å². The Kier molecular flexibility index (Phi) is 4.42. The van der Waals surface area contributed by atoms with Crippen LogP contribution in [0.25, 0.3) is 0 Å². The van der Waals surface area contributed by atoms with Gasteiger partial charge in [0.05, 0.1) is 0 Å². The molecule has 4 heterocycles. The maximum Gasteiger partial charge on any atom is 0.0469 e. The van der Waals surface area contributed by atoms with Gasteiger partial charge in [-0.2, -0.15) is 0 Å². The standard InChI is InChI=1S/C18H27N3O/c1-2-16(8-19-5-1)10-21-13-17-11-20(12-18(17)14-21)9-15-3-6-22-7-4-15/h1-2,5,8,15,17-18H,3-4,6-7,9-14H2/t17-,18-/m0/s1. The van der Waals surface area contributed by atoms with Crippen LogP contribution in [0.1, 0.15) is 18.4 Å². The zero-order valence-electron chi connectivity index (χ0n) is 13.4. The number of nitrogens with zero attached hydrogens (tertiary/aromatic N) is 3. The van der Waals surface area contributed by atoms with E-state index < -0.39 is 0 Å². The Labute approximate surface area is 133 Å². The van der Waals surface area contributed by atoms with E-state index >= 15 is 0 Å². The first kappa shape index (κ1) is 14.6. The van der Waals surface area contributed by atoms with E-state index in [-0.39, 0.29) is 0 Å². The molecule has 2 atom stereocenters. The fraction of sp³-hybridized carbons (Fsp3) is 0.722. The number of rotatable bonds is 4. The normalized spacial score (nSPS) is 30.7. The largest absolute Gasteiger partial charge is 0.381 e. The van der Waals surface area contributed by atoms with Gasteiger partial charge in [-0.05, 0) is 42.2 Å². The maximum absolute atomic E-state index is 5.48. The molecule has 120 valence electrons. The van der Waals surface area contributed by atoms with Gasteiger partial charge >= 0.3 is 0 Å². The molecular formula is C18H27N3O. The minimum atomic E-state index is 0.874. The van der Waals surface area contributed by atoms with Gasteiger partial charge in [0.25, 0.3) is 0 Å². The maximum atomic E-state index is 5.48. The van der Waals surface area contributed by atoms with Gasteiger partial charge in [-0.15, -0.1) is 0 Å². The van der Waals surface area contributed by atoms with E-state index in [0.717, 1.165) is 37.5 Å². The van der Waals surface area contributed by atoms with Gasteiger partial charge in [-0.25, -0.2) is 0 Å². The molecule has 3 saturated heterocycles. The molecule has 0 radical (unpaired) electrons. The molecule has 0 unspecified atom stereocenters. The predicted molar refractivity (Wildman–Crippen MR) is 86.5 cm³/mol. The number of aromatic nitrogens is 1. The molecule has 0 saturated carbocycles. The molecule has 4 heteroatoms. The van der Waals surface area contributed by atoms with Crippen LogP contribution in [0.3, 0.4) is 0 Å². The van der Waals surface area contributed by atoms with Crippen molar-refractivity contribution in [1.29, 1.82) is 0 Å². The monoisotopic (exact) mass is 301 g/mol. The lowest BCUT2D eigenvalue weighted by molar-refractivity contribution is 0.0541. The summed E-state index contributed by atoms with van der Waals surface area (Å²) < 4.78 is 5.48. The van der Waals surface area contributed by atoms with E-state index in [9.17, 15) is 0 Å². The Morgan fingerprint density at radius 2 is 1.77 bits per heavy atom. The molecule has 0 spiro atoms. The van der Waals surface area contributed by atoms with Crippen molar-refractivity contribution < 1.29 is 4.74 Å². The Morgan fingerprint density at radius 3 is 2.45 bits per heavy atom. The molecule has 4 nitrogen and oxygen atoms in total. The highest BCUT2D eigenvalue weighted by molar-refractivity contribution is 5.09. The highest BCUT2D eigenvalue weighted by Gasteiger charge is 2.40. The van der Waals surface area contributed by atoms with E-state index in [0.29, 0.717) is 0 Å². The molecule has 3 aliphatic heterocycles. The Balaban J connectivity index is 1.25. The molecule has 0 aliphatic carbocycles. The van der Waals surface area contributed by atoms with E-state index in [1.807, 2.05) is 18.5 Å². The van der Waals surface area contributed by atoms with Crippen LogP contribution in [0.5, 0.6) is 0 Å². The summed E-state index contributed by atoms with van der Waals surface area (Å²) >= 11 is 0. The zero-order chi connectivity index (χ0) is 14.8. The van der Waals surface area contributed by atoms with Crippen molar-refractivity contribution in [3.63, 3.8) is 0 Å². The number of pyridine rings is 1. The second-order valence-electron chi connectivity index (χ2n) is 7.35. The molecular weight excluding hydrogens is 274 g/mol. The van der Waals surface area contributed by atoms with E-state index in [1.165, 1.54) is 51.1 Å². The first-order valence-electron chi connectivity index (χ1n) is 8.78. The lowest BCUT2D eigenvalue weighted by Gasteiger charge is -2.28. The van der Waals surface area contributed by atoms with Crippen molar-refractivity contribution >= 4 is 0 Å². The summed E-state index contributed by atoms with van der Waals surface area (Å²) in [4.78, 5) is 9.58. The summed E-state index contributed by atoms with van der Waals surface area (Å²) in [6.07, 6.45) is 6.39. The quantitative estimate of drug-likeness (QED) is 0.849. The highest BCUT2D eigenvalue weighted by atomic mass is 16.5. The molecule has 1 aromatic rings. The summed E-state index contributed by atoms with van der Waals surface area (Å²) in [6.45, 7) is 9.49. The minimum Gasteiger partial charge on any atom is -0.381 e. The molecule has 3 aliphatic rings. The smallest absolute Gasteiger partial charge is 0.0469 e. The zero-order valence-corrected chi connectivity index (χ0v) is 13.4. The number of ether oxygens (including phenoxy) is 1. The molecule has 22 heavy (non-hydrogen) atoms. The molecule has 3 fully saturated rings. The first-order valence-corrected chi connectivity index (χ1v) is 8.78. The lowest BCUT2D eigenvalue weighted by Crippen LogP contribution is -2.34. The number of fused-ring (bicyclic) bond motifs is 1. The topological polar surface area (TPSA) is 28.6 Å². The van der Waals surface area contributed by atoms with Gasteiger partial charge in [-0.3, -0.25) is 9.88 Å². The van der Waals surface area contributed by atoms with Gasteiger partial charge in [0, 0.05) is 64.9 Å². The molecule has 1 aromatic heterocycles. The summed E-state index contributed by atoms with van der Waals surface area (Å²) in [5.41, 5.74) is 1.35. The third-order valence-electron chi connectivity index (χ3n) is 5.62. The Hall–Kier alpha value is -0.970. The summed E-state index contributed by atoms with van der Waals surface area (Å²) in [5, 5.41) is 0. The van der Waals surface area contributed by atoms with Crippen LogP contribution in [0.15, 0.2) is 24.5 Å². The molecule has 0 aromatic carbocycles. The van der Waals surface area contributed by atoms with Crippen molar-refractivity contribution in [2.75, 3.05) is 45.9 Å². The van der Waals surface area contributed by atoms with Crippen molar-refractivity contribution in [2.45, 2.75) is 19.4 Å². The predicted octanol–water partition coefficient (Wildman–Crippen LogP) is 1.87. The van der Waals surface area contributed by atoms with Gasteiger partial charge in [0.1, 0.15) is 0 Å². The van der Waals surface area contributed by atoms with Gasteiger partial charge in [0.15, 0.2) is 0 Å². The number of hydrogen-bond acceptors (Lipinski definition) is 4. The van der Waals surface area contributed by atoms with Crippen LogP contribution >= 0.6 is 0 Å². The highest BCUT2D eigenvalue weighted by Crippen LogP contribution is 2.32. The van der Waals surface area contributed by atoms with Crippen LogP contribution in [-0.4, -0.2) is 60.7 Å². The van der Waals surface area contributed by atoms with Crippen molar-refractivity contribution in [3.05, 3.63) is 30.1 Å². The number of likely N-dealkylation sites (tertiary alicyclic amines) is 2. The fourth-order valence-electron chi connectivity index (χ4n) is 4.51. The summed E-state index contributed by atoms with van der Waals surface area (Å²) in [7, 11) is 0. The van der Waals surface area contributed by atoms with Crippen molar-refractivity contribution in [1.82, 2.24) is 14.8 Å². The van der Waals surface area contributed by atoms with E-state index in [1.54, 1.807) is 0 Å². The minimum absolute atomic E-state index is 0.874. The SMILES string of the molecule is c1cncc(CN2C[C@@H]3CN(CC4CCOCC4)C[C@H]3C2)c1. The molecule has 4 rings (SSSR count). The fourth-order valence-corrected chi connectivity index (χ4v) is 4.51. The van der Waals surface area contributed by atoms with Gasteiger partial charge in [-0.1, -0.05) is 6.07 Å². The van der Waals surface area contributed by atoms with Crippen LogP contribution < -0.4 is 0 Å². The second kappa shape index (κ2) is 6.65. The van der Waals surface area contributed by atoms with Crippen LogP contribution in [0.4, 0.5) is 0 Å². The lowest BCUT2D eigenvalue weighted by atomic mass is 10.00. The van der Waals surface area contributed by atoms with Crippen LogP contribution in [0.2, 0.25) is 0 Å². The van der Waals surface area contributed by atoms with E-state index in [2.05, 4.69) is 20.9 Å². The van der Waals surface area contributed by atoms with Crippen LogP contribution in [0, 0.1) is 17.8 Å². The Bertz CT molecular complexity index is 460. The van der Waals surface area contributed by atoms with Gasteiger partial charge in [0.2, 0.25) is 0 Å². The average molecular weight is 301 g/mol. The molecule has 0 N–H and O–H groups in total. The Morgan fingerprint density at radius 1 is 1.05 bits per heavy atom. The second-order valence-corrected chi connectivity index (χ2v) is 7.35. The first-order chi connectivity index (χ1) is 10.9. The number of hydrogen-bond donors (Lipinski definition) is 0. The third kappa shape index (κ3) is 3.34. The average Bonchev–Trinajstić information content (AvgIpc) is 3.07. The van der Waals surface area contributed by atoms with Gasteiger partial charge < -0.3 is 9.64 Å². The third-order valence-corrected chi connectivity index (χ3v) is 5.62. The van der Waals surface area contributed by atoms with Crippen molar-refractivity contribution in [2.24, 2.45) is 17.8 Å². The molecule has 0 amide bonds. The van der Waals surface area contributed by atoms with E-state index in [4.69, 9.17) is 4.74 Å². The summed E-state index contributed by atoms with van der Waals surface area (Å²) in [5.74, 6) is 2.65. The van der Waals surface area contributed by atoms with Crippen molar-refractivity contribution in [3.8, 4) is 0 Å². The summed E-state index contributed by atoms with van der Waals surface area (Å²) in [6, 6.07) is 4.24. The molecule has 0 bridgehead atoms.